The van der Waals surface area contributed by atoms with E-state index in [4.69, 9.17) is 20.2 Å². The largest absolute Gasteiger partial charge is 0.382 e. The predicted molar refractivity (Wildman–Crippen MR) is 112 cm³/mol. The van der Waals surface area contributed by atoms with Crippen LogP contribution in [0.15, 0.2) is 18.3 Å². The van der Waals surface area contributed by atoms with E-state index in [0.29, 0.717) is 43.5 Å². The zero-order valence-electron chi connectivity index (χ0n) is 16.8. The van der Waals surface area contributed by atoms with Gasteiger partial charge in [-0.05, 0) is 32.9 Å². The summed E-state index contributed by atoms with van der Waals surface area (Å²) in [7, 11) is -0.891. The van der Waals surface area contributed by atoms with Crippen LogP contribution in [-0.4, -0.2) is 54.6 Å². The summed E-state index contributed by atoms with van der Waals surface area (Å²) < 4.78 is 25.0. The van der Waals surface area contributed by atoms with Crippen molar-refractivity contribution in [1.82, 2.24) is 19.5 Å². The first kappa shape index (κ1) is 20.6. The fraction of sp³-hybridized carbons (Fsp3) is 0.526. The van der Waals surface area contributed by atoms with Crippen LogP contribution in [0.1, 0.15) is 26.6 Å². The molecule has 3 rings (SSSR count). The van der Waals surface area contributed by atoms with Crippen LogP contribution in [-0.2, 0) is 33.4 Å². The lowest BCUT2D eigenvalue weighted by Gasteiger charge is -2.27. The highest BCUT2D eigenvalue weighted by molar-refractivity contribution is 7.84. The summed E-state index contributed by atoms with van der Waals surface area (Å²) in [4.78, 5) is 13.7. The van der Waals surface area contributed by atoms with Crippen molar-refractivity contribution < 1.29 is 13.7 Å². The standard InChI is InChI=1S/C19H27N5O3S/c1-5-26-11-14-23-16-17(15-13(22-18(16)20)7-6-8-21-15)24(14)12-19(2,3)27-9-10-28(4)25/h6-8H,5,9-12H2,1-4H3,(H2,20,22). The average Bonchev–Trinajstić information content (AvgIpc) is 2.98. The predicted octanol–water partition coefficient (Wildman–Crippen LogP) is 2.27. The maximum absolute atomic E-state index is 11.3. The van der Waals surface area contributed by atoms with Gasteiger partial charge in [0, 0.05) is 35.6 Å². The molecule has 0 aliphatic heterocycles. The van der Waals surface area contributed by atoms with Crippen molar-refractivity contribution in [3.05, 3.63) is 24.2 Å². The van der Waals surface area contributed by atoms with Crippen molar-refractivity contribution in [2.24, 2.45) is 0 Å². The first-order valence-corrected chi connectivity index (χ1v) is 11.0. The Kier molecular flexibility index (Phi) is 6.26. The van der Waals surface area contributed by atoms with Crippen molar-refractivity contribution >= 4 is 38.7 Å². The molecule has 0 aromatic carbocycles. The van der Waals surface area contributed by atoms with E-state index >= 15 is 0 Å². The van der Waals surface area contributed by atoms with Crippen LogP contribution in [0.25, 0.3) is 22.1 Å². The van der Waals surface area contributed by atoms with E-state index in [1.54, 1.807) is 12.5 Å². The van der Waals surface area contributed by atoms with Gasteiger partial charge in [0.25, 0.3) is 0 Å². The molecule has 28 heavy (non-hydrogen) atoms. The number of anilines is 1. The number of imidazole rings is 1. The molecule has 0 fully saturated rings. The second-order valence-corrected chi connectivity index (χ2v) is 8.76. The van der Waals surface area contributed by atoms with Gasteiger partial charge in [-0.15, -0.1) is 0 Å². The summed E-state index contributed by atoms with van der Waals surface area (Å²) >= 11 is 0. The third-order valence-electron chi connectivity index (χ3n) is 4.38. The van der Waals surface area contributed by atoms with Crippen molar-refractivity contribution in [2.75, 3.05) is 31.0 Å². The Balaban J connectivity index is 2.08. The lowest BCUT2D eigenvalue weighted by atomic mass is 10.1. The molecular weight excluding hydrogens is 378 g/mol. The highest BCUT2D eigenvalue weighted by Crippen LogP contribution is 2.29. The molecule has 3 aromatic heterocycles. The van der Waals surface area contributed by atoms with Crippen LogP contribution in [0.4, 0.5) is 5.82 Å². The fourth-order valence-electron chi connectivity index (χ4n) is 3.11. The molecule has 3 aromatic rings. The molecule has 0 radical (unpaired) electrons. The minimum absolute atomic E-state index is 0.355. The maximum atomic E-state index is 11.3. The SMILES string of the molecule is CCOCc1nc2c(N)nc3cccnc3c2n1CC(C)(C)OCCS(C)=O. The molecule has 152 valence electrons. The van der Waals surface area contributed by atoms with E-state index in [0.717, 1.165) is 22.4 Å². The maximum Gasteiger partial charge on any atom is 0.152 e. The van der Waals surface area contributed by atoms with E-state index in [9.17, 15) is 4.21 Å². The van der Waals surface area contributed by atoms with Gasteiger partial charge in [0.05, 0.1) is 24.3 Å². The van der Waals surface area contributed by atoms with Gasteiger partial charge in [-0.3, -0.25) is 9.19 Å². The molecule has 0 aliphatic carbocycles. The number of hydrogen-bond donors (Lipinski definition) is 1. The van der Waals surface area contributed by atoms with Gasteiger partial charge in [-0.1, -0.05) is 0 Å². The van der Waals surface area contributed by atoms with E-state index in [1.165, 1.54) is 0 Å². The molecule has 3 heterocycles. The Hall–Kier alpha value is -2.10. The van der Waals surface area contributed by atoms with Gasteiger partial charge in [-0.25, -0.2) is 9.97 Å². The van der Waals surface area contributed by atoms with E-state index < -0.39 is 16.4 Å². The van der Waals surface area contributed by atoms with Gasteiger partial charge >= 0.3 is 0 Å². The molecule has 0 amide bonds. The second kappa shape index (κ2) is 8.50. The number of aromatic nitrogens is 4. The molecule has 0 spiro atoms. The number of hydrogen-bond acceptors (Lipinski definition) is 7. The zero-order valence-corrected chi connectivity index (χ0v) is 17.6. The Morgan fingerprint density at radius 1 is 1.29 bits per heavy atom. The van der Waals surface area contributed by atoms with Crippen LogP contribution in [0.5, 0.6) is 0 Å². The van der Waals surface area contributed by atoms with Gasteiger partial charge < -0.3 is 19.8 Å². The van der Waals surface area contributed by atoms with Crippen molar-refractivity contribution in [3.63, 3.8) is 0 Å². The van der Waals surface area contributed by atoms with E-state index in [2.05, 4.69) is 14.5 Å². The molecule has 2 N–H and O–H groups in total. The first-order valence-electron chi connectivity index (χ1n) is 9.23. The Bertz CT molecular complexity index is 1000. The fourth-order valence-corrected chi connectivity index (χ4v) is 3.42. The molecule has 8 nitrogen and oxygen atoms in total. The minimum Gasteiger partial charge on any atom is -0.382 e. The first-order chi connectivity index (χ1) is 13.3. The summed E-state index contributed by atoms with van der Waals surface area (Å²) in [6.07, 6.45) is 3.41. The summed E-state index contributed by atoms with van der Waals surface area (Å²) in [5.41, 5.74) is 8.59. The van der Waals surface area contributed by atoms with E-state index in [1.807, 2.05) is 32.9 Å². The lowest BCUT2D eigenvalue weighted by molar-refractivity contribution is -0.0217. The summed E-state index contributed by atoms with van der Waals surface area (Å²) in [6, 6.07) is 3.72. The summed E-state index contributed by atoms with van der Waals surface area (Å²) in [5.74, 6) is 1.62. The molecule has 1 unspecified atom stereocenters. The van der Waals surface area contributed by atoms with Crippen LogP contribution in [0.3, 0.4) is 0 Å². The highest BCUT2D eigenvalue weighted by atomic mass is 32.2. The van der Waals surface area contributed by atoms with Crippen molar-refractivity contribution in [2.45, 2.75) is 39.5 Å². The molecule has 0 bridgehead atoms. The Morgan fingerprint density at radius 3 is 2.79 bits per heavy atom. The zero-order chi connectivity index (χ0) is 20.3. The number of rotatable bonds is 9. The Labute approximate surface area is 166 Å². The number of ether oxygens (including phenoxy) is 2. The van der Waals surface area contributed by atoms with Crippen LogP contribution < -0.4 is 5.73 Å². The van der Waals surface area contributed by atoms with Crippen LogP contribution >= 0.6 is 0 Å². The molecular formula is C19H27N5O3S. The number of nitrogen functional groups attached to an aromatic ring is 1. The van der Waals surface area contributed by atoms with Crippen LogP contribution in [0.2, 0.25) is 0 Å². The topological polar surface area (TPSA) is 105 Å². The quantitative estimate of drug-likeness (QED) is 0.582. The summed E-state index contributed by atoms with van der Waals surface area (Å²) in [5, 5.41) is 0. The number of nitrogens with two attached hydrogens (primary N) is 1. The van der Waals surface area contributed by atoms with Crippen LogP contribution in [0, 0.1) is 0 Å². The molecule has 9 heteroatoms. The molecule has 1 atom stereocenters. The lowest BCUT2D eigenvalue weighted by Crippen LogP contribution is -2.32. The molecule has 0 saturated carbocycles. The highest BCUT2D eigenvalue weighted by Gasteiger charge is 2.25. The molecule has 0 aliphatic rings. The smallest absolute Gasteiger partial charge is 0.152 e. The van der Waals surface area contributed by atoms with Gasteiger partial charge in [0.2, 0.25) is 0 Å². The van der Waals surface area contributed by atoms with Gasteiger partial charge in [0.1, 0.15) is 29.0 Å². The van der Waals surface area contributed by atoms with Gasteiger partial charge in [0.15, 0.2) is 5.82 Å². The number of nitrogens with zero attached hydrogens (tertiary/aromatic N) is 4. The third kappa shape index (κ3) is 4.48. The normalized spacial score (nSPS) is 13.4. The monoisotopic (exact) mass is 405 g/mol. The van der Waals surface area contributed by atoms with Crippen molar-refractivity contribution in [1.29, 1.82) is 0 Å². The summed E-state index contributed by atoms with van der Waals surface area (Å²) in [6.45, 7) is 7.83. The average molecular weight is 406 g/mol. The van der Waals surface area contributed by atoms with E-state index in [-0.39, 0.29) is 0 Å². The van der Waals surface area contributed by atoms with Crippen molar-refractivity contribution in [3.8, 4) is 0 Å². The molecule has 0 saturated heterocycles. The van der Waals surface area contributed by atoms with Gasteiger partial charge in [-0.2, -0.15) is 0 Å². The third-order valence-corrected chi connectivity index (χ3v) is 5.12. The minimum atomic E-state index is -0.891. The number of pyridine rings is 2. The second-order valence-electron chi connectivity index (χ2n) is 7.20. The Morgan fingerprint density at radius 2 is 2.07 bits per heavy atom. The number of fused-ring (bicyclic) bond motifs is 3.